The second-order valence-corrected chi connectivity index (χ2v) is 9.51. The van der Waals surface area contributed by atoms with Crippen LogP contribution in [0.2, 0.25) is 0 Å². The minimum Gasteiger partial charge on any atom is -0.493 e. The van der Waals surface area contributed by atoms with Crippen LogP contribution in [0.5, 0.6) is 11.5 Å². The van der Waals surface area contributed by atoms with Crippen molar-refractivity contribution in [1.29, 1.82) is 0 Å². The average molecular weight is 510 g/mol. The molecule has 0 bridgehead atoms. The van der Waals surface area contributed by atoms with Crippen LogP contribution >= 0.6 is 0 Å². The molecule has 1 aliphatic carbocycles. The van der Waals surface area contributed by atoms with Gasteiger partial charge >= 0.3 is 5.97 Å². The fourth-order valence-electron chi connectivity index (χ4n) is 5.11. The quantitative estimate of drug-likeness (QED) is 0.376. The second kappa shape index (κ2) is 11.4. The SMILES string of the molecule is COc1cc([C@@H]2C(C(=O)OCc3ccccc3)=C(C)NC3=C2C(=O)CCC3)ccc1OCc1ccccc1. The molecule has 0 aromatic heterocycles. The van der Waals surface area contributed by atoms with Gasteiger partial charge in [-0.15, -0.1) is 0 Å². The first-order valence-corrected chi connectivity index (χ1v) is 12.8. The van der Waals surface area contributed by atoms with E-state index in [9.17, 15) is 9.59 Å². The smallest absolute Gasteiger partial charge is 0.337 e. The Hall–Kier alpha value is -4.32. The Bertz CT molecular complexity index is 1390. The Morgan fingerprint density at radius 3 is 2.26 bits per heavy atom. The van der Waals surface area contributed by atoms with Crippen LogP contribution in [0.15, 0.2) is 101 Å². The largest absolute Gasteiger partial charge is 0.493 e. The molecule has 3 aromatic rings. The molecule has 0 amide bonds. The fraction of sp³-hybridized carbons (Fsp3) is 0.250. The number of carbonyl (C=O) groups is 2. The van der Waals surface area contributed by atoms with Gasteiger partial charge in [0.25, 0.3) is 0 Å². The molecule has 38 heavy (non-hydrogen) atoms. The van der Waals surface area contributed by atoms with E-state index in [1.54, 1.807) is 7.11 Å². The van der Waals surface area contributed by atoms with Gasteiger partial charge in [-0.05, 0) is 48.6 Å². The van der Waals surface area contributed by atoms with Crippen molar-refractivity contribution >= 4 is 11.8 Å². The number of hydrogen-bond acceptors (Lipinski definition) is 6. The first-order chi connectivity index (χ1) is 18.5. The normalized spacial score (nSPS) is 17.0. The van der Waals surface area contributed by atoms with E-state index < -0.39 is 11.9 Å². The molecular formula is C32H31NO5. The second-order valence-electron chi connectivity index (χ2n) is 9.51. The van der Waals surface area contributed by atoms with Gasteiger partial charge in [-0.1, -0.05) is 66.7 Å². The summed E-state index contributed by atoms with van der Waals surface area (Å²) in [5.41, 5.74) is 5.38. The summed E-state index contributed by atoms with van der Waals surface area (Å²) in [6.07, 6.45) is 2.00. The van der Waals surface area contributed by atoms with Crippen LogP contribution in [0.1, 0.15) is 48.8 Å². The third-order valence-electron chi connectivity index (χ3n) is 6.97. The maximum absolute atomic E-state index is 13.5. The Kier molecular flexibility index (Phi) is 7.59. The molecule has 0 saturated carbocycles. The number of dihydropyridines is 1. The monoisotopic (exact) mass is 509 g/mol. The summed E-state index contributed by atoms with van der Waals surface area (Å²) in [7, 11) is 1.59. The zero-order valence-electron chi connectivity index (χ0n) is 21.7. The van der Waals surface area contributed by atoms with Crippen LogP contribution in [-0.4, -0.2) is 18.9 Å². The lowest BCUT2D eigenvalue weighted by molar-refractivity contribution is -0.140. The number of hydrogen-bond donors (Lipinski definition) is 1. The van der Waals surface area contributed by atoms with Crippen molar-refractivity contribution in [3.05, 3.63) is 118 Å². The number of ketones is 1. The van der Waals surface area contributed by atoms with Gasteiger partial charge in [0.15, 0.2) is 17.3 Å². The molecule has 5 rings (SSSR count). The van der Waals surface area contributed by atoms with Crippen molar-refractivity contribution in [3.8, 4) is 11.5 Å². The van der Waals surface area contributed by atoms with Gasteiger partial charge in [0.2, 0.25) is 0 Å². The highest BCUT2D eigenvalue weighted by atomic mass is 16.5. The van der Waals surface area contributed by atoms with Gasteiger partial charge in [0.05, 0.1) is 12.7 Å². The van der Waals surface area contributed by atoms with Crippen molar-refractivity contribution < 1.29 is 23.8 Å². The van der Waals surface area contributed by atoms with Crippen molar-refractivity contribution in [2.45, 2.75) is 45.3 Å². The topological polar surface area (TPSA) is 73.9 Å². The number of methoxy groups -OCH3 is 1. The predicted molar refractivity (Wildman–Crippen MR) is 144 cm³/mol. The fourth-order valence-corrected chi connectivity index (χ4v) is 5.11. The van der Waals surface area contributed by atoms with E-state index >= 15 is 0 Å². The van der Waals surface area contributed by atoms with Crippen molar-refractivity contribution in [3.63, 3.8) is 0 Å². The number of Topliss-reactive ketones (excluding diaryl/α,β-unsaturated/α-hetero) is 1. The Morgan fingerprint density at radius 2 is 1.58 bits per heavy atom. The highest BCUT2D eigenvalue weighted by Gasteiger charge is 2.39. The van der Waals surface area contributed by atoms with E-state index in [1.165, 1.54) is 0 Å². The summed E-state index contributed by atoms with van der Waals surface area (Å²) in [4.78, 5) is 26.7. The third kappa shape index (κ3) is 5.35. The summed E-state index contributed by atoms with van der Waals surface area (Å²) in [5.74, 6) is 0.175. The van der Waals surface area contributed by atoms with Crippen LogP contribution < -0.4 is 14.8 Å². The Balaban J connectivity index is 1.48. The van der Waals surface area contributed by atoms with Crippen LogP contribution in [0.3, 0.4) is 0 Å². The number of ether oxygens (including phenoxy) is 3. The standard InChI is InChI=1S/C32H31NO5/c1-21-29(32(35)38-20-23-12-7-4-8-13-23)30(31-25(33-21)14-9-15-26(31)34)24-16-17-27(28(18-24)36-2)37-19-22-10-5-3-6-11-22/h3-8,10-13,16-18,30,33H,9,14-15,19-20H2,1-2H3/t30-/m1/s1. The molecule has 0 unspecified atom stereocenters. The Morgan fingerprint density at radius 1 is 0.895 bits per heavy atom. The van der Waals surface area contributed by atoms with Crippen molar-refractivity contribution in [1.82, 2.24) is 5.32 Å². The molecule has 194 valence electrons. The van der Waals surface area contributed by atoms with Gasteiger partial charge in [-0.25, -0.2) is 4.79 Å². The number of carbonyl (C=O) groups excluding carboxylic acids is 2. The molecule has 6 heteroatoms. The van der Waals surface area contributed by atoms with Crippen LogP contribution in [-0.2, 0) is 27.5 Å². The van der Waals surface area contributed by atoms with Crippen LogP contribution in [0.4, 0.5) is 0 Å². The first kappa shape index (κ1) is 25.3. The lowest BCUT2D eigenvalue weighted by Gasteiger charge is -2.34. The van der Waals surface area contributed by atoms with Crippen LogP contribution in [0, 0.1) is 0 Å². The highest BCUT2D eigenvalue weighted by Crippen LogP contribution is 2.44. The molecule has 0 spiro atoms. The molecule has 1 atom stereocenters. The maximum Gasteiger partial charge on any atom is 0.337 e. The van der Waals surface area contributed by atoms with Gasteiger partial charge < -0.3 is 19.5 Å². The summed E-state index contributed by atoms with van der Waals surface area (Å²) in [6, 6.07) is 25.1. The molecule has 3 aromatic carbocycles. The van der Waals surface area contributed by atoms with E-state index in [1.807, 2.05) is 85.8 Å². The average Bonchev–Trinajstić information content (AvgIpc) is 2.95. The van der Waals surface area contributed by atoms with Crippen molar-refractivity contribution in [2.24, 2.45) is 0 Å². The molecular weight excluding hydrogens is 478 g/mol. The van der Waals surface area contributed by atoms with Gasteiger partial charge in [-0.2, -0.15) is 0 Å². The van der Waals surface area contributed by atoms with Crippen molar-refractivity contribution in [2.75, 3.05) is 7.11 Å². The molecule has 2 aliphatic rings. The molecule has 1 aliphatic heterocycles. The summed E-state index contributed by atoms with van der Waals surface area (Å²) in [5, 5.41) is 3.34. The van der Waals surface area contributed by atoms with Gasteiger partial charge in [-0.3, -0.25) is 4.79 Å². The van der Waals surface area contributed by atoms with Crippen LogP contribution in [0.25, 0.3) is 0 Å². The number of allylic oxidation sites excluding steroid dienone is 3. The zero-order chi connectivity index (χ0) is 26.5. The predicted octanol–water partition coefficient (Wildman–Crippen LogP) is 5.99. The summed E-state index contributed by atoms with van der Waals surface area (Å²) >= 11 is 0. The van der Waals surface area contributed by atoms with Gasteiger partial charge in [0, 0.05) is 29.3 Å². The third-order valence-corrected chi connectivity index (χ3v) is 6.97. The number of rotatable bonds is 8. The molecule has 0 fully saturated rings. The summed E-state index contributed by atoms with van der Waals surface area (Å²) in [6.45, 7) is 2.41. The lowest BCUT2D eigenvalue weighted by atomic mass is 9.75. The van der Waals surface area contributed by atoms with E-state index in [0.717, 1.165) is 35.2 Å². The number of benzene rings is 3. The molecule has 0 saturated heterocycles. The lowest BCUT2D eigenvalue weighted by Crippen LogP contribution is -2.34. The minimum absolute atomic E-state index is 0.0491. The van der Waals surface area contributed by atoms with E-state index in [4.69, 9.17) is 14.2 Å². The van der Waals surface area contributed by atoms with E-state index in [-0.39, 0.29) is 12.4 Å². The number of nitrogens with one attached hydrogen (secondary N) is 1. The highest BCUT2D eigenvalue weighted by molar-refractivity contribution is 6.03. The maximum atomic E-state index is 13.5. The molecule has 0 radical (unpaired) electrons. The molecule has 1 N–H and O–H groups in total. The Labute approximate surface area is 222 Å². The summed E-state index contributed by atoms with van der Waals surface area (Å²) < 4.78 is 17.5. The van der Waals surface area contributed by atoms with E-state index in [2.05, 4.69) is 5.32 Å². The molecule has 6 nitrogen and oxygen atoms in total. The van der Waals surface area contributed by atoms with E-state index in [0.29, 0.717) is 41.4 Å². The number of esters is 1. The van der Waals surface area contributed by atoms with Gasteiger partial charge in [0.1, 0.15) is 13.2 Å². The minimum atomic E-state index is -0.556. The first-order valence-electron chi connectivity index (χ1n) is 12.8. The zero-order valence-corrected chi connectivity index (χ0v) is 21.7. The molecule has 1 heterocycles.